The summed E-state index contributed by atoms with van der Waals surface area (Å²) < 4.78 is 5.58. The molecule has 2 aromatic carbocycles. The quantitative estimate of drug-likeness (QED) is 0.673. The number of hydrogen-bond acceptors (Lipinski definition) is 4. The molecule has 2 rings (SSSR count). The second-order valence-corrected chi connectivity index (χ2v) is 4.45. The van der Waals surface area contributed by atoms with Crippen molar-refractivity contribution in [2.24, 2.45) is 0 Å². The van der Waals surface area contributed by atoms with Crippen LogP contribution in [0.3, 0.4) is 0 Å². The van der Waals surface area contributed by atoms with Gasteiger partial charge in [-0.2, -0.15) is 0 Å². The molecule has 0 atom stereocenters. The summed E-state index contributed by atoms with van der Waals surface area (Å²) in [6.45, 7) is 1.89. The predicted molar refractivity (Wildman–Crippen MR) is 75.6 cm³/mol. The van der Waals surface area contributed by atoms with Crippen LogP contribution in [0.25, 0.3) is 0 Å². The number of aromatic carboxylic acids is 1. The standard InChI is InChI=1S/C15H13NO5/c1-10-13(15(17)18)3-2-4-14(10)21-9-11-5-7-12(8-6-11)16(19)20/h2-8H,9H2,1H3,(H,17,18). The van der Waals surface area contributed by atoms with E-state index in [2.05, 4.69) is 0 Å². The summed E-state index contributed by atoms with van der Waals surface area (Å²) in [6.07, 6.45) is 0. The van der Waals surface area contributed by atoms with Crippen molar-refractivity contribution in [3.05, 3.63) is 69.3 Å². The van der Waals surface area contributed by atoms with E-state index in [4.69, 9.17) is 9.84 Å². The lowest BCUT2D eigenvalue weighted by atomic mass is 10.1. The number of ether oxygens (including phenoxy) is 1. The molecule has 0 amide bonds. The fraction of sp³-hybridized carbons (Fsp3) is 0.133. The maximum atomic E-state index is 11.0. The molecule has 108 valence electrons. The van der Waals surface area contributed by atoms with E-state index in [0.29, 0.717) is 11.3 Å². The molecule has 0 bridgehead atoms. The summed E-state index contributed by atoms with van der Waals surface area (Å²) in [5, 5.41) is 19.6. The van der Waals surface area contributed by atoms with Crippen molar-refractivity contribution < 1.29 is 19.6 Å². The number of non-ortho nitro benzene ring substituents is 1. The lowest BCUT2D eigenvalue weighted by Gasteiger charge is -2.10. The Morgan fingerprint density at radius 1 is 1.24 bits per heavy atom. The molecule has 0 heterocycles. The van der Waals surface area contributed by atoms with E-state index in [9.17, 15) is 14.9 Å². The molecule has 0 radical (unpaired) electrons. The van der Waals surface area contributed by atoms with Crippen LogP contribution in [0.5, 0.6) is 5.75 Å². The average Bonchev–Trinajstić information content (AvgIpc) is 2.46. The number of carboxylic acid groups (broad SMARTS) is 1. The molecular weight excluding hydrogens is 274 g/mol. The number of carbonyl (C=O) groups is 1. The average molecular weight is 287 g/mol. The lowest BCUT2D eigenvalue weighted by molar-refractivity contribution is -0.384. The summed E-state index contributed by atoms with van der Waals surface area (Å²) >= 11 is 0. The maximum Gasteiger partial charge on any atom is 0.336 e. The van der Waals surface area contributed by atoms with Gasteiger partial charge in [0, 0.05) is 17.7 Å². The van der Waals surface area contributed by atoms with Gasteiger partial charge in [-0.05, 0) is 36.8 Å². The Kier molecular flexibility index (Phi) is 4.18. The molecule has 0 fully saturated rings. The predicted octanol–water partition coefficient (Wildman–Crippen LogP) is 3.18. The van der Waals surface area contributed by atoms with Crippen LogP contribution in [0.15, 0.2) is 42.5 Å². The molecule has 0 aliphatic carbocycles. The molecular formula is C15H13NO5. The molecule has 1 N–H and O–H groups in total. The monoisotopic (exact) mass is 287 g/mol. The number of hydrogen-bond donors (Lipinski definition) is 1. The maximum absolute atomic E-state index is 11.0. The first-order valence-corrected chi connectivity index (χ1v) is 6.18. The SMILES string of the molecule is Cc1c(OCc2ccc([N+](=O)[O-])cc2)cccc1C(=O)O. The second kappa shape index (κ2) is 6.04. The summed E-state index contributed by atoms with van der Waals surface area (Å²) in [5.41, 5.74) is 1.52. The minimum absolute atomic E-state index is 0.0165. The first kappa shape index (κ1) is 14.5. The first-order valence-electron chi connectivity index (χ1n) is 6.18. The zero-order chi connectivity index (χ0) is 15.4. The Morgan fingerprint density at radius 2 is 1.90 bits per heavy atom. The van der Waals surface area contributed by atoms with Crippen molar-refractivity contribution in [3.8, 4) is 5.75 Å². The van der Waals surface area contributed by atoms with Gasteiger partial charge in [-0.3, -0.25) is 10.1 Å². The van der Waals surface area contributed by atoms with Crippen LogP contribution < -0.4 is 4.74 Å². The molecule has 21 heavy (non-hydrogen) atoms. The Bertz CT molecular complexity index is 679. The van der Waals surface area contributed by atoms with Gasteiger partial charge in [0.1, 0.15) is 12.4 Å². The highest BCUT2D eigenvalue weighted by atomic mass is 16.6. The van der Waals surface area contributed by atoms with E-state index < -0.39 is 10.9 Å². The third kappa shape index (κ3) is 3.36. The third-order valence-corrected chi connectivity index (χ3v) is 3.06. The molecule has 0 saturated carbocycles. The van der Waals surface area contributed by atoms with E-state index in [1.165, 1.54) is 18.2 Å². The van der Waals surface area contributed by atoms with Gasteiger partial charge in [-0.25, -0.2) is 4.79 Å². The van der Waals surface area contributed by atoms with Crippen LogP contribution >= 0.6 is 0 Å². The molecule has 0 aliphatic heterocycles. The van der Waals surface area contributed by atoms with Crippen molar-refractivity contribution in [1.82, 2.24) is 0 Å². The molecule has 0 saturated heterocycles. The van der Waals surface area contributed by atoms with Gasteiger partial charge in [-0.15, -0.1) is 0 Å². The number of carboxylic acids is 1. The minimum Gasteiger partial charge on any atom is -0.489 e. The van der Waals surface area contributed by atoms with Gasteiger partial charge in [-0.1, -0.05) is 6.07 Å². The number of benzene rings is 2. The fourth-order valence-electron chi connectivity index (χ4n) is 1.88. The topological polar surface area (TPSA) is 89.7 Å². The van der Waals surface area contributed by atoms with E-state index in [0.717, 1.165) is 5.56 Å². The lowest BCUT2D eigenvalue weighted by Crippen LogP contribution is -2.03. The van der Waals surface area contributed by atoms with Gasteiger partial charge < -0.3 is 9.84 Å². The van der Waals surface area contributed by atoms with Gasteiger partial charge in [0.15, 0.2) is 0 Å². The zero-order valence-electron chi connectivity index (χ0n) is 11.3. The largest absolute Gasteiger partial charge is 0.489 e. The third-order valence-electron chi connectivity index (χ3n) is 3.06. The number of nitro benzene ring substituents is 1. The van der Waals surface area contributed by atoms with Crippen LogP contribution in [0.1, 0.15) is 21.5 Å². The summed E-state index contributed by atoms with van der Waals surface area (Å²) in [6, 6.07) is 10.8. The smallest absolute Gasteiger partial charge is 0.336 e. The molecule has 0 aromatic heterocycles. The Hall–Kier alpha value is -2.89. The van der Waals surface area contributed by atoms with E-state index >= 15 is 0 Å². The van der Waals surface area contributed by atoms with Gasteiger partial charge in [0.2, 0.25) is 0 Å². The highest BCUT2D eigenvalue weighted by Gasteiger charge is 2.11. The molecule has 0 spiro atoms. The van der Waals surface area contributed by atoms with Crippen molar-refractivity contribution in [2.45, 2.75) is 13.5 Å². The number of nitro groups is 1. The van der Waals surface area contributed by atoms with Crippen molar-refractivity contribution in [1.29, 1.82) is 0 Å². The molecule has 6 heteroatoms. The van der Waals surface area contributed by atoms with Crippen molar-refractivity contribution in [3.63, 3.8) is 0 Å². The van der Waals surface area contributed by atoms with E-state index in [1.54, 1.807) is 31.2 Å². The summed E-state index contributed by atoms with van der Waals surface area (Å²) in [7, 11) is 0. The van der Waals surface area contributed by atoms with Gasteiger partial charge >= 0.3 is 5.97 Å². The zero-order valence-corrected chi connectivity index (χ0v) is 11.3. The van der Waals surface area contributed by atoms with Crippen LogP contribution in [0.2, 0.25) is 0 Å². The van der Waals surface area contributed by atoms with E-state index in [-0.39, 0.29) is 17.9 Å². The Balaban J connectivity index is 2.11. The minimum atomic E-state index is -1.01. The summed E-state index contributed by atoms with van der Waals surface area (Å²) in [4.78, 5) is 21.1. The van der Waals surface area contributed by atoms with Crippen LogP contribution in [0.4, 0.5) is 5.69 Å². The van der Waals surface area contributed by atoms with E-state index in [1.807, 2.05) is 0 Å². The molecule has 0 aliphatic rings. The first-order chi connectivity index (χ1) is 9.99. The van der Waals surface area contributed by atoms with Gasteiger partial charge in [0.25, 0.3) is 5.69 Å². The van der Waals surface area contributed by atoms with Crippen LogP contribution in [-0.4, -0.2) is 16.0 Å². The normalized spacial score (nSPS) is 10.1. The Morgan fingerprint density at radius 3 is 2.48 bits per heavy atom. The van der Waals surface area contributed by atoms with Crippen molar-refractivity contribution >= 4 is 11.7 Å². The fourth-order valence-corrected chi connectivity index (χ4v) is 1.88. The number of nitrogens with zero attached hydrogens (tertiary/aromatic N) is 1. The summed E-state index contributed by atoms with van der Waals surface area (Å²) in [5.74, 6) is -0.526. The van der Waals surface area contributed by atoms with Crippen LogP contribution in [-0.2, 0) is 6.61 Å². The number of rotatable bonds is 5. The molecule has 0 unspecified atom stereocenters. The highest BCUT2D eigenvalue weighted by Crippen LogP contribution is 2.23. The highest BCUT2D eigenvalue weighted by molar-refractivity contribution is 5.90. The molecule has 2 aromatic rings. The van der Waals surface area contributed by atoms with Crippen LogP contribution in [0, 0.1) is 17.0 Å². The van der Waals surface area contributed by atoms with Crippen molar-refractivity contribution in [2.75, 3.05) is 0 Å². The molecule has 6 nitrogen and oxygen atoms in total. The second-order valence-electron chi connectivity index (χ2n) is 4.45. The van der Waals surface area contributed by atoms with Gasteiger partial charge in [0.05, 0.1) is 10.5 Å². The Labute approximate surface area is 120 Å².